The van der Waals surface area contributed by atoms with Gasteiger partial charge in [0.15, 0.2) is 5.82 Å². The Labute approximate surface area is 115 Å². The third-order valence-corrected chi connectivity index (χ3v) is 3.07. The van der Waals surface area contributed by atoms with E-state index in [9.17, 15) is 4.79 Å². The van der Waals surface area contributed by atoms with Crippen LogP contribution < -0.4 is 15.8 Å². The summed E-state index contributed by atoms with van der Waals surface area (Å²) < 4.78 is 10.7. The summed E-state index contributed by atoms with van der Waals surface area (Å²) in [5, 5.41) is 6.79. The summed E-state index contributed by atoms with van der Waals surface area (Å²) in [6, 6.07) is 7.80. The van der Waals surface area contributed by atoms with Crippen molar-refractivity contribution in [2.45, 2.75) is 12.5 Å². The second-order valence-electron chi connectivity index (χ2n) is 4.52. The lowest BCUT2D eigenvalue weighted by atomic mass is 10.0. The first-order valence-corrected chi connectivity index (χ1v) is 6.27. The first kappa shape index (κ1) is 12.6. The highest BCUT2D eigenvalue weighted by Gasteiger charge is 2.29. The Hall–Kier alpha value is -2.41. The number of hydrogen-bond acceptors (Lipinski definition) is 6. The first-order chi connectivity index (χ1) is 9.74. The zero-order chi connectivity index (χ0) is 13.9. The lowest BCUT2D eigenvalue weighted by Gasteiger charge is -2.01. The number of rotatable bonds is 5. The van der Waals surface area contributed by atoms with E-state index in [1.54, 1.807) is 0 Å². The van der Waals surface area contributed by atoms with Crippen molar-refractivity contribution in [3.63, 3.8) is 0 Å². The molecule has 1 unspecified atom stereocenters. The van der Waals surface area contributed by atoms with E-state index in [0.29, 0.717) is 24.9 Å². The van der Waals surface area contributed by atoms with Gasteiger partial charge in [-0.05, 0) is 6.07 Å². The number of carbonyl (C=O) groups excluding carboxylic acids is 1. The van der Waals surface area contributed by atoms with Crippen molar-refractivity contribution in [1.29, 1.82) is 0 Å². The molecular formula is C13H14N4O3. The van der Waals surface area contributed by atoms with Gasteiger partial charge in [0.2, 0.25) is 11.8 Å². The number of nitrogens with zero attached hydrogens (tertiary/aromatic N) is 2. The second kappa shape index (κ2) is 5.30. The van der Waals surface area contributed by atoms with E-state index >= 15 is 0 Å². The number of nitrogens with one attached hydrogen (secondary N) is 1. The predicted molar refractivity (Wildman–Crippen MR) is 69.0 cm³/mol. The Morgan fingerprint density at radius 1 is 1.45 bits per heavy atom. The Bertz CT molecular complexity index is 626. The van der Waals surface area contributed by atoms with E-state index in [1.165, 1.54) is 0 Å². The average molecular weight is 274 g/mol. The number of aromatic nitrogens is 2. The van der Waals surface area contributed by atoms with Gasteiger partial charge in [-0.1, -0.05) is 23.4 Å². The van der Waals surface area contributed by atoms with Crippen LogP contribution in [0.5, 0.6) is 5.75 Å². The Balaban J connectivity index is 1.70. The average Bonchev–Trinajstić information content (AvgIpc) is 3.04. The molecule has 1 aromatic heterocycles. The van der Waals surface area contributed by atoms with Crippen molar-refractivity contribution in [2.75, 3.05) is 13.2 Å². The molecule has 0 radical (unpaired) electrons. The van der Waals surface area contributed by atoms with Crippen LogP contribution in [-0.4, -0.2) is 29.2 Å². The van der Waals surface area contributed by atoms with Gasteiger partial charge in [-0.25, -0.2) is 0 Å². The number of ether oxygens (including phenoxy) is 1. The van der Waals surface area contributed by atoms with Crippen LogP contribution >= 0.6 is 0 Å². The van der Waals surface area contributed by atoms with Crippen molar-refractivity contribution in [2.24, 2.45) is 5.73 Å². The Morgan fingerprint density at radius 2 is 2.30 bits per heavy atom. The van der Waals surface area contributed by atoms with E-state index in [2.05, 4.69) is 15.5 Å². The molecule has 3 N–H and O–H groups in total. The van der Waals surface area contributed by atoms with Crippen molar-refractivity contribution >= 4 is 5.91 Å². The lowest BCUT2D eigenvalue weighted by Crippen LogP contribution is -2.28. The normalized spacial score (nSPS) is 16.7. The largest absolute Gasteiger partial charge is 0.492 e. The Morgan fingerprint density at radius 3 is 3.15 bits per heavy atom. The summed E-state index contributed by atoms with van der Waals surface area (Å²) in [6.45, 7) is 0.894. The molecule has 0 aliphatic carbocycles. The summed E-state index contributed by atoms with van der Waals surface area (Å²) >= 11 is 0. The number of fused-ring (bicyclic) bond motifs is 1. The van der Waals surface area contributed by atoms with Gasteiger partial charge in [0.1, 0.15) is 12.4 Å². The topological polar surface area (TPSA) is 103 Å². The molecule has 2 aromatic rings. The number of carbonyl (C=O) groups is 1. The molecule has 7 nitrogen and oxygen atoms in total. The molecule has 0 bridgehead atoms. The molecule has 0 saturated carbocycles. The third-order valence-electron chi connectivity index (χ3n) is 3.07. The molecule has 104 valence electrons. The fourth-order valence-electron chi connectivity index (χ4n) is 2.15. The molecule has 1 amide bonds. The van der Waals surface area contributed by atoms with Gasteiger partial charge in [0.05, 0.1) is 19.0 Å². The molecule has 0 fully saturated rings. The van der Waals surface area contributed by atoms with Crippen LogP contribution in [0.4, 0.5) is 0 Å². The third kappa shape index (κ3) is 2.48. The number of primary amides is 1. The highest BCUT2D eigenvalue weighted by Crippen LogP contribution is 2.36. The zero-order valence-electron chi connectivity index (χ0n) is 10.7. The van der Waals surface area contributed by atoms with Crippen LogP contribution in [0.25, 0.3) is 0 Å². The molecule has 1 aliphatic rings. The van der Waals surface area contributed by atoms with Crippen molar-refractivity contribution in [1.82, 2.24) is 15.5 Å². The maximum absolute atomic E-state index is 10.6. The predicted octanol–water partition coefficient (Wildman–Crippen LogP) is 0.169. The molecular weight excluding hydrogens is 260 g/mol. The summed E-state index contributed by atoms with van der Waals surface area (Å²) in [4.78, 5) is 14.9. The highest BCUT2D eigenvalue weighted by atomic mass is 16.5. The molecule has 1 aliphatic heterocycles. The smallest absolute Gasteiger partial charge is 0.240 e. The van der Waals surface area contributed by atoms with Gasteiger partial charge < -0.3 is 15.0 Å². The highest BCUT2D eigenvalue weighted by molar-refractivity contribution is 5.75. The molecule has 3 rings (SSSR count). The standard InChI is InChI=1S/C13H14N4O3/c14-11(18)5-15-6-12-16-13(17-20-12)9-7-19-10-4-2-1-3-8(9)10/h1-4,9,15H,5-7H2,(H2,14,18). The minimum atomic E-state index is -0.428. The van der Waals surface area contributed by atoms with E-state index in [1.807, 2.05) is 24.3 Å². The zero-order valence-corrected chi connectivity index (χ0v) is 10.7. The van der Waals surface area contributed by atoms with Gasteiger partial charge in [-0.15, -0.1) is 0 Å². The fraction of sp³-hybridized carbons (Fsp3) is 0.308. The number of para-hydroxylation sites is 1. The van der Waals surface area contributed by atoms with Crippen molar-refractivity contribution in [3.05, 3.63) is 41.5 Å². The van der Waals surface area contributed by atoms with Gasteiger partial charge in [0, 0.05) is 5.56 Å². The minimum Gasteiger partial charge on any atom is -0.492 e. The van der Waals surface area contributed by atoms with Gasteiger partial charge in [-0.2, -0.15) is 4.98 Å². The molecule has 1 atom stereocenters. The van der Waals surface area contributed by atoms with Crippen molar-refractivity contribution in [3.8, 4) is 5.75 Å². The number of benzene rings is 1. The van der Waals surface area contributed by atoms with Crippen LogP contribution in [0.1, 0.15) is 23.2 Å². The van der Waals surface area contributed by atoms with Crippen molar-refractivity contribution < 1.29 is 14.1 Å². The summed E-state index contributed by atoms with van der Waals surface area (Å²) in [5.41, 5.74) is 6.09. The van der Waals surface area contributed by atoms with Crippen LogP contribution in [0.3, 0.4) is 0 Å². The SMILES string of the molecule is NC(=O)CNCc1nc(C2COc3ccccc32)no1. The lowest BCUT2D eigenvalue weighted by molar-refractivity contribution is -0.117. The van der Waals surface area contributed by atoms with Crippen LogP contribution in [0.15, 0.2) is 28.8 Å². The molecule has 7 heteroatoms. The first-order valence-electron chi connectivity index (χ1n) is 6.27. The maximum Gasteiger partial charge on any atom is 0.240 e. The van der Waals surface area contributed by atoms with Crippen LogP contribution in [-0.2, 0) is 11.3 Å². The molecule has 0 saturated heterocycles. The Kier molecular flexibility index (Phi) is 3.34. The van der Waals surface area contributed by atoms with Crippen LogP contribution in [0.2, 0.25) is 0 Å². The number of amides is 1. The van der Waals surface area contributed by atoms with E-state index < -0.39 is 5.91 Å². The van der Waals surface area contributed by atoms with E-state index in [4.69, 9.17) is 15.0 Å². The van der Waals surface area contributed by atoms with Gasteiger partial charge >= 0.3 is 0 Å². The molecule has 0 spiro atoms. The number of hydrogen-bond donors (Lipinski definition) is 2. The molecule has 1 aromatic carbocycles. The van der Waals surface area contributed by atoms with Gasteiger partial charge in [0.25, 0.3) is 0 Å². The quantitative estimate of drug-likeness (QED) is 0.805. The van der Waals surface area contributed by atoms with E-state index in [-0.39, 0.29) is 12.5 Å². The van der Waals surface area contributed by atoms with Crippen LogP contribution in [0, 0.1) is 0 Å². The molecule has 2 heterocycles. The summed E-state index contributed by atoms with van der Waals surface area (Å²) in [7, 11) is 0. The minimum absolute atomic E-state index is 0.0140. The van der Waals surface area contributed by atoms with E-state index in [0.717, 1.165) is 11.3 Å². The fourth-order valence-corrected chi connectivity index (χ4v) is 2.15. The van der Waals surface area contributed by atoms with Gasteiger partial charge in [-0.3, -0.25) is 10.1 Å². The summed E-state index contributed by atoms with van der Waals surface area (Å²) in [5.74, 6) is 1.43. The molecule has 20 heavy (non-hydrogen) atoms. The maximum atomic E-state index is 10.6. The summed E-state index contributed by atoms with van der Waals surface area (Å²) in [6.07, 6.45) is 0. The second-order valence-corrected chi connectivity index (χ2v) is 4.52. The monoisotopic (exact) mass is 274 g/mol. The number of nitrogens with two attached hydrogens (primary N) is 1.